The van der Waals surface area contributed by atoms with Crippen molar-refractivity contribution in [3.63, 3.8) is 0 Å². The fraction of sp³-hybridized carbons (Fsp3) is 0.579. The van der Waals surface area contributed by atoms with Crippen LogP contribution in [0.4, 0.5) is 0 Å². The van der Waals surface area contributed by atoms with E-state index in [0.29, 0.717) is 13.0 Å². The lowest BCUT2D eigenvalue weighted by Gasteiger charge is -2.44. The Labute approximate surface area is 147 Å². The van der Waals surface area contributed by atoms with E-state index in [1.165, 1.54) is 0 Å². The highest BCUT2D eigenvalue weighted by Gasteiger charge is 2.62. The molecule has 2 aliphatic heterocycles. The lowest BCUT2D eigenvalue weighted by molar-refractivity contribution is -0.242. The molecule has 6 heteroatoms. The van der Waals surface area contributed by atoms with E-state index in [-0.39, 0.29) is 19.1 Å². The maximum absolute atomic E-state index is 13.0. The van der Waals surface area contributed by atoms with Crippen LogP contribution < -0.4 is 0 Å². The first kappa shape index (κ1) is 17.9. The molecule has 2 fully saturated rings. The zero-order valence-corrected chi connectivity index (χ0v) is 14.6. The van der Waals surface area contributed by atoms with Crippen molar-refractivity contribution < 1.29 is 28.5 Å². The summed E-state index contributed by atoms with van der Waals surface area (Å²) in [5.41, 5.74) is -0.778. The summed E-state index contributed by atoms with van der Waals surface area (Å²) in [6, 6.07) is 9.25. The number of ether oxygens (including phenoxy) is 4. The Morgan fingerprint density at radius 2 is 1.76 bits per heavy atom. The zero-order chi connectivity index (χ0) is 17.9. The van der Waals surface area contributed by atoms with Gasteiger partial charge in [-0.05, 0) is 32.3 Å². The molecule has 0 aliphatic carbocycles. The molecule has 25 heavy (non-hydrogen) atoms. The van der Waals surface area contributed by atoms with Gasteiger partial charge in [0.25, 0.3) is 0 Å². The van der Waals surface area contributed by atoms with Crippen LogP contribution in [-0.2, 0) is 28.5 Å². The fourth-order valence-electron chi connectivity index (χ4n) is 3.70. The molecule has 1 aromatic rings. The molecule has 6 nitrogen and oxygen atoms in total. The molecule has 3 atom stereocenters. The lowest BCUT2D eigenvalue weighted by Crippen LogP contribution is -2.53. The molecule has 0 N–H and O–H groups in total. The van der Waals surface area contributed by atoms with Gasteiger partial charge in [0.1, 0.15) is 6.10 Å². The van der Waals surface area contributed by atoms with Crippen molar-refractivity contribution in [3.05, 3.63) is 35.9 Å². The van der Waals surface area contributed by atoms with Crippen molar-refractivity contribution in [1.82, 2.24) is 0 Å². The highest BCUT2D eigenvalue weighted by molar-refractivity contribution is 6.01. The van der Waals surface area contributed by atoms with Crippen LogP contribution in [0.1, 0.15) is 38.4 Å². The maximum Gasteiger partial charge on any atom is 0.326 e. The molecule has 136 valence electrons. The number of hydrogen-bond acceptors (Lipinski definition) is 6. The predicted molar refractivity (Wildman–Crippen MR) is 88.4 cm³/mol. The minimum absolute atomic E-state index is 0.0335. The van der Waals surface area contributed by atoms with Gasteiger partial charge in [0.2, 0.25) is 0 Å². The van der Waals surface area contributed by atoms with Crippen molar-refractivity contribution in [1.29, 1.82) is 0 Å². The Kier molecular flexibility index (Phi) is 5.39. The molecule has 0 radical (unpaired) electrons. The molecule has 3 rings (SSSR count). The standard InChI is InChI=1S/C19H24O6/c1-3-22-17(20)19(18(21)23-4-2)12-14-10-11-24-16(14)25-15(19)13-8-6-5-7-9-13/h5-9,14-16H,3-4,10-12H2,1-2H3/t14-,15+,16+/m0/s1. The largest absolute Gasteiger partial charge is 0.465 e. The fourth-order valence-corrected chi connectivity index (χ4v) is 3.70. The third-order valence-corrected chi connectivity index (χ3v) is 4.84. The first-order chi connectivity index (χ1) is 12.1. The monoisotopic (exact) mass is 348 g/mol. The van der Waals surface area contributed by atoms with Crippen LogP contribution in [-0.4, -0.2) is 38.0 Å². The minimum Gasteiger partial charge on any atom is -0.465 e. The molecule has 1 aromatic carbocycles. The van der Waals surface area contributed by atoms with Gasteiger partial charge in [0.15, 0.2) is 11.7 Å². The van der Waals surface area contributed by atoms with E-state index < -0.39 is 29.7 Å². The summed E-state index contributed by atoms with van der Waals surface area (Å²) in [6.07, 6.45) is -0.171. The molecule has 0 aromatic heterocycles. The van der Waals surface area contributed by atoms with E-state index in [2.05, 4.69) is 0 Å². The second-order valence-electron chi connectivity index (χ2n) is 6.33. The SMILES string of the molecule is CCOC(=O)C1(C(=O)OCC)C[C@@H]2CCO[C@@H]2O[C@@H]1c1ccccc1. The van der Waals surface area contributed by atoms with Gasteiger partial charge in [-0.25, -0.2) is 0 Å². The van der Waals surface area contributed by atoms with Crippen LogP contribution in [0.5, 0.6) is 0 Å². The molecule has 0 bridgehead atoms. The average Bonchev–Trinajstić information content (AvgIpc) is 3.08. The third kappa shape index (κ3) is 3.16. The van der Waals surface area contributed by atoms with Crippen molar-refractivity contribution >= 4 is 11.9 Å². The van der Waals surface area contributed by atoms with Gasteiger partial charge in [-0.15, -0.1) is 0 Å². The van der Waals surface area contributed by atoms with E-state index >= 15 is 0 Å². The van der Waals surface area contributed by atoms with Crippen LogP contribution in [0.15, 0.2) is 30.3 Å². The molecular weight excluding hydrogens is 324 g/mol. The first-order valence-corrected chi connectivity index (χ1v) is 8.80. The summed E-state index contributed by atoms with van der Waals surface area (Å²) in [4.78, 5) is 25.9. The Morgan fingerprint density at radius 1 is 1.12 bits per heavy atom. The van der Waals surface area contributed by atoms with Gasteiger partial charge < -0.3 is 18.9 Å². The van der Waals surface area contributed by atoms with Crippen molar-refractivity contribution in [2.45, 2.75) is 39.1 Å². The third-order valence-electron chi connectivity index (χ3n) is 4.84. The summed E-state index contributed by atoms with van der Waals surface area (Å²) in [5.74, 6) is -1.21. The summed E-state index contributed by atoms with van der Waals surface area (Å²) in [5, 5.41) is 0. The first-order valence-electron chi connectivity index (χ1n) is 8.80. The lowest BCUT2D eigenvalue weighted by atomic mass is 9.70. The molecule has 2 aliphatic rings. The second kappa shape index (κ2) is 7.54. The number of hydrogen-bond donors (Lipinski definition) is 0. The highest BCUT2D eigenvalue weighted by atomic mass is 16.7. The summed E-state index contributed by atoms with van der Waals surface area (Å²) < 4.78 is 22.4. The summed E-state index contributed by atoms with van der Waals surface area (Å²) in [7, 11) is 0. The van der Waals surface area contributed by atoms with Gasteiger partial charge >= 0.3 is 11.9 Å². The Hall–Kier alpha value is -1.92. The molecule has 0 amide bonds. The van der Waals surface area contributed by atoms with Crippen LogP contribution in [0.2, 0.25) is 0 Å². The topological polar surface area (TPSA) is 71.1 Å². The number of esters is 2. The van der Waals surface area contributed by atoms with Crippen LogP contribution >= 0.6 is 0 Å². The van der Waals surface area contributed by atoms with Crippen LogP contribution in [0.25, 0.3) is 0 Å². The van der Waals surface area contributed by atoms with Gasteiger partial charge in [0, 0.05) is 5.92 Å². The quantitative estimate of drug-likeness (QED) is 0.602. The minimum atomic E-state index is -1.51. The molecule has 2 heterocycles. The van der Waals surface area contributed by atoms with Crippen molar-refractivity contribution in [3.8, 4) is 0 Å². The van der Waals surface area contributed by atoms with Gasteiger partial charge in [0.05, 0.1) is 19.8 Å². The van der Waals surface area contributed by atoms with Crippen LogP contribution in [0, 0.1) is 11.3 Å². The van der Waals surface area contributed by atoms with Gasteiger partial charge in [-0.2, -0.15) is 0 Å². The van der Waals surface area contributed by atoms with Gasteiger partial charge in [-0.3, -0.25) is 9.59 Å². The molecule has 0 saturated carbocycles. The second-order valence-corrected chi connectivity index (χ2v) is 6.33. The maximum atomic E-state index is 13.0. The molecule has 0 unspecified atom stereocenters. The number of carbonyl (C=O) groups excluding carboxylic acids is 2. The van der Waals surface area contributed by atoms with Crippen molar-refractivity contribution in [2.24, 2.45) is 11.3 Å². The zero-order valence-electron chi connectivity index (χ0n) is 14.6. The normalized spacial score (nSPS) is 27.4. The van der Waals surface area contributed by atoms with Crippen LogP contribution in [0.3, 0.4) is 0 Å². The highest BCUT2D eigenvalue weighted by Crippen LogP contribution is 2.52. The molecule has 2 saturated heterocycles. The Balaban J connectivity index is 2.07. The molecule has 0 spiro atoms. The smallest absolute Gasteiger partial charge is 0.326 e. The number of fused-ring (bicyclic) bond motifs is 1. The predicted octanol–water partition coefficient (Wildman–Crippen LogP) is 2.62. The van der Waals surface area contributed by atoms with Gasteiger partial charge in [-0.1, -0.05) is 30.3 Å². The number of benzene rings is 1. The average molecular weight is 348 g/mol. The summed E-state index contributed by atoms with van der Waals surface area (Å²) in [6.45, 7) is 4.37. The Morgan fingerprint density at radius 3 is 2.36 bits per heavy atom. The number of rotatable bonds is 5. The number of carbonyl (C=O) groups is 2. The summed E-state index contributed by atoms with van der Waals surface area (Å²) >= 11 is 0. The molecular formula is C19H24O6. The van der Waals surface area contributed by atoms with E-state index in [9.17, 15) is 9.59 Å². The Bertz CT molecular complexity index is 596. The van der Waals surface area contributed by atoms with Crippen molar-refractivity contribution in [2.75, 3.05) is 19.8 Å². The van der Waals surface area contributed by atoms with E-state index in [1.807, 2.05) is 30.3 Å². The van der Waals surface area contributed by atoms with E-state index in [0.717, 1.165) is 12.0 Å². The van der Waals surface area contributed by atoms with E-state index in [1.54, 1.807) is 13.8 Å². The van der Waals surface area contributed by atoms with E-state index in [4.69, 9.17) is 18.9 Å².